The van der Waals surface area contributed by atoms with Crippen molar-refractivity contribution in [1.82, 2.24) is 4.90 Å². The third-order valence-corrected chi connectivity index (χ3v) is 1.61. The van der Waals surface area contributed by atoms with E-state index in [1.165, 1.54) is 0 Å². The number of hydrogen-bond acceptors (Lipinski definition) is 2. The molecule has 0 aromatic carbocycles. The van der Waals surface area contributed by atoms with Gasteiger partial charge in [0, 0.05) is 6.04 Å². The van der Waals surface area contributed by atoms with E-state index in [0.29, 0.717) is 0 Å². The van der Waals surface area contributed by atoms with E-state index in [1.807, 2.05) is 25.9 Å². The lowest BCUT2D eigenvalue weighted by Gasteiger charge is -2.20. The van der Waals surface area contributed by atoms with Crippen LogP contribution in [0, 0.1) is 0 Å². The van der Waals surface area contributed by atoms with Crippen LogP contribution < -0.4 is 0 Å². The first-order chi connectivity index (χ1) is 4.57. The van der Waals surface area contributed by atoms with Crippen LogP contribution in [-0.4, -0.2) is 36.1 Å². The smallest absolute Gasteiger partial charge is 0.304 e. The molecule has 3 heteroatoms. The Kier molecular flexibility index (Phi) is 4.03. The summed E-state index contributed by atoms with van der Waals surface area (Å²) in [6.45, 7) is 1.99. The van der Waals surface area contributed by atoms with Gasteiger partial charge in [0.05, 0.1) is 6.42 Å². The lowest BCUT2D eigenvalue weighted by Crippen LogP contribution is -2.29. The van der Waals surface area contributed by atoms with Crippen molar-refractivity contribution in [3.63, 3.8) is 0 Å². The standard InChI is InChI=1S/C7H15NO2/c1-4-6(8(2)3)5-7(9)10/h6H,4-5H2,1-3H3,(H,9,10)/t6-/m1/s1. The minimum atomic E-state index is -0.722. The van der Waals surface area contributed by atoms with E-state index in [0.717, 1.165) is 6.42 Å². The fourth-order valence-electron chi connectivity index (χ4n) is 0.894. The van der Waals surface area contributed by atoms with Crippen molar-refractivity contribution >= 4 is 5.97 Å². The maximum atomic E-state index is 10.2. The molecule has 10 heavy (non-hydrogen) atoms. The minimum Gasteiger partial charge on any atom is -0.481 e. The Balaban J connectivity index is 3.71. The summed E-state index contributed by atoms with van der Waals surface area (Å²) in [4.78, 5) is 12.2. The van der Waals surface area contributed by atoms with Gasteiger partial charge in [0.15, 0.2) is 0 Å². The molecule has 0 saturated heterocycles. The van der Waals surface area contributed by atoms with Crippen LogP contribution >= 0.6 is 0 Å². The number of aliphatic carboxylic acids is 1. The quantitative estimate of drug-likeness (QED) is 0.636. The number of carboxylic acids is 1. The van der Waals surface area contributed by atoms with Crippen LogP contribution in [-0.2, 0) is 4.79 Å². The van der Waals surface area contributed by atoms with E-state index in [4.69, 9.17) is 5.11 Å². The molecule has 60 valence electrons. The molecule has 0 aliphatic rings. The predicted molar refractivity (Wildman–Crippen MR) is 40.0 cm³/mol. The highest BCUT2D eigenvalue weighted by molar-refractivity contribution is 5.67. The van der Waals surface area contributed by atoms with Crippen LogP contribution in [0.25, 0.3) is 0 Å². The summed E-state index contributed by atoms with van der Waals surface area (Å²) < 4.78 is 0. The van der Waals surface area contributed by atoms with Crippen LogP contribution in [0.1, 0.15) is 19.8 Å². The first-order valence-corrected chi connectivity index (χ1v) is 3.46. The van der Waals surface area contributed by atoms with Crippen LogP contribution in [0.15, 0.2) is 0 Å². The Morgan fingerprint density at radius 1 is 1.60 bits per heavy atom. The summed E-state index contributed by atoms with van der Waals surface area (Å²) >= 11 is 0. The van der Waals surface area contributed by atoms with Gasteiger partial charge in [-0.3, -0.25) is 4.79 Å². The highest BCUT2D eigenvalue weighted by Gasteiger charge is 2.11. The first-order valence-electron chi connectivity index (χ1n) is 3.46. The number of carboxylic acid groups (broad SMARTS) is 1. The normalized spacial score (nSPS) is 13.6. The molecule has 0 unspecified atom stereocenters. The fourth-order valence-corrected chi connectivity index (χ4v) is 0.894. The molecule has 0 spiro atoms. The molecule has 0 aliphatic heterocycles. The summed E-state index contributed by atoms with van der Waals surface area (Å²) in [6, 6.07) is 0.178. The van der Waals surface area contributed by atoms with Crippen molar-refractivity contribution < 1.29 is 9.90 Å². The van der Waals surface area contributed by atoms with Gasteiger partial charge >= 0.3 is 5.97 Å². The number of nitrogens with zero attached hydrogens (tertiary/aromatic N) is 1. The molecular weight excluding hydrogens is 130 g/mol. The summed E-state index contributed by atoms with van der Waals surface area (Å²) in [6.07, 6.45) is 1.13. The van der Waals surface area contributed by atoms with Gasteiger partial charge in [0.2, 0.25) is 0 Å². The molecule has 0 amide bonds. The van der Waals surface area contributed by atoms with Crippen LogP contribution in [0.2, 0.25) is 0 Å². The highest BCUT2D eigenvalue weighted by Crippen LogP contribution is 2.03. The van der Waals surface area contributed by atoms with Crippen molar-refractivity contribution in [1.29, 1.82) is 0 Å². The Hall–Kier alpha value is -0.570. The number of carbonyl (C=O) groups is 1. The van der Waals surface area contributed by atoms with Gasteiger partial charge in [-0.25, -0.2) is 0 Å². The lowest BCUT2D eigenvalue weighted by molar-refractivity contribution is -0.138. The van der Waals surface area contributed by atoms with Crippen molar-refractivity contribution in [2.45, 2.75) is 25.8 Å². The molecule has 0 fully saturated rings. The second kappa shape index (κ2) is 4.28. The summed E-state index contributed by atoms with van der Waals surface area (Å²) in [5.74, 6) is -0.722. The van der Waals surface area contributed by atoms with Gasteiger partial charge in [-0.05, 0) is 20.5 Å². The highest BCUT2D eigenvalue weighted by atomic mass is 16.4. The van der Waals surface area contributed by atoms with Crippen LogP contribution in [0.5, 0.6) is 0 Å². The van der Waals surface area contributed by atoms with Gasteiger partial charge in [-0.1, -0.05) is 6.92 Å². The average molecular weight is 145 g/mol. The SMILES string of the molecule is CC[C@H](CC(=O)O)N(C)C. The molecule has 0 heterocycles. The second-order valence-electron chi connectivity index (χ2n) is 2.62. The molecule has 0 rings (SSSR count). The zero-order valence-corrected chi connectivity index (χ0v) is 6.79. The second-order valence-corrected chi connectivity index (χ2v) is 2.62. The Morgan fingerprint density at radius 3 is 2.20 bits per heavy atom. The molecule has 0 bridgehead atoms. The van der Waals surface area contributed by atoms with Crippen molar-refractivity contribution in [2.24, 2.45) is 0 Å². The van der Waals surface area contributed by atoms with E-state index in [-0.39, 0.29) is 12.5 Å². The van der Waals surface area contributed by atoms with Gasteiger partial charge in [0.25, 0.3) is 0 Å². The molecule has 0 aromatic rings. The predicted octanol–water partition coefficient (Wildman–Crippen LogP) is 0.801. The fraction of sp³-hybridized carbons (Fsp3) is 0.857. The topological polar surface area (TPSA) is 40.5 Å². The Labute approximate surface area is 61.6 Å². The van der Waals surface area contributed by atoms with Gasteiger partial charge in [-0.2, -0.15) is 0 Å². The molecule has 3 nitrogen and oxygen atoms in total. The monoisotopic (exact) mass is 145 g/mol. The third-order valence-electron chi connectivity index (χ3n) is 1.61. The minimum absolute atomic E-state index is 0.178. The van der Waals surface area contributed by atoms with Crippen molar-refractivity contribution in [3.05, 3.63) is 0 Å². The zero-order valence-electron chi connectivity index (χ0n) is 6.79. The Morgan fingerprint density at radius 2 is 2.10 bits per heavy atom. The molecule has 0 aliphatic carbocycles. The van der Waals surface area contributed by atoms with E-state index in [9.17, 15) is 4.79 Å². The summed E-state index contributed by atoms with van der Waals surface area (Å²) in [5, 5.41) is 8.44. The molecule has 0 saturated carbocycles. The van der Waals surface area contributed by atoms with E-state index in [1.54, 1.807) is 0 Å². The van der Waals surface area contributed by atoms with Crippen LogP contribution in [0.4, 0.5) is 0 Å². The first kappa shape index (κ1) is 9.43. The molecular formula is C7H15NO2. The van der Waals surface area contributed by atoms with E-state index >= 15 is 0 Å². The Bertz CT molecular complexity index is 112. The summed E-state index contributed by atoms with van der Waals surface area (Å²) in [5.41, 5.74) is 0. The average Bonchev–Trinajstić information content (AvgIpc) is 1.81. The molecule has 0 radical (unpaired) electrons. The lowest BCUT2D eigenvalue weighted by atomic mass is 10.1. The maximum absolute atomic E-state index is 10.2. The van der Waals surface area contributed by atoms with E-state index < -0.39 is 5.97 Å². The van der Waals surface area contributed by atoms with Crippen LogP contribution in [0.3, 0.4) is 0 Å². The molecule has 1 atom stereocenters. The molecule has 0 aromatic heterocycles. The van der Waals surface area contributed by atoms with Gasteiger partial charge in [0.1, 0.15) is 0 Å². The van der Waals surface area contributed by atoms with Crippen molar-refractivity contribution in [2.75, 3.05) is 14.1 Å². The third kappa shape index (κ3) is 3.45. The summed E-state index contributed by atoms with van der Waals surface area (Å²) in [7, 11) is 3.80. The van der Waals surface area contributed by atoms with Crippen molar-refractivity contribution in [3.8, 4) is 0 Å². The van der Waals surface area contributed by atoms with Gasteiger partial charge in [-0.15, -0.1) is 0 Å². The largest absolute Gasteiger partial charge is 0.481 e. The number of hydrogen-bond donors (Lipinski definition) is 1. The van der Waals surface area contributed by atoms with E-state index in [2.05, 4.69) is 0 Å². The number of rotatable bonds is 4. The zero-order chi connectivity index (χ0) is 8.15. The molecule has 1 N–H and O–H groups in total. The maximum Gasteiger partial charge on any atom is 0.304 e. The van der Waals surface area contributed by atoms with Gasteiger partial charge < -0.3 is 10.0 Å².